The molecule has 4 nitrogen and oxygen atoms in total. The van der Waals surface area contributed by atoms with Crippen LogP contribution in [0.15, 0.2) is 11.8 Å². The molecule has 0 aliphatic carbocycles. The zero-order valence-electron chi connectivity index (χ0n) is 5.50. The van der Waals surface area contributed by atoms with Crippen LogP contribution in [0.3, 0.4) is 0 Å². The number of nitrogens with zero attached hydrogens (tertiary/aromatic N) is 1. The molecule has 0 amide bonds. The highest BCUT2D eigenvalue weighted by molar-refractivity contribution is 5.84. The van der Waals surface area contributed by atoms with E-state index in [4.69, 9.17) is 10.4 Å². The second-order valence-electron chi connectivity index (χ2n) is 1.48. The topological polar surface area (TPSA) is 70.3 Å². The van der Waals surface area contributed by atoms with Crippen molar-refractivity contribution in [2.45, 2.75) is 13.3 Å². The maximum atomic E-state index is 10.1. The van der Waals surface area contributed by atoms with Gasteiger partial charge in [0.05, 0.1) is 0 Å². The lowest BCUT2D eigenvalue weighted by Gasteiger charge is -1.92. The van der Waals surface area contributed by atoms with Crippen molar-refractivity contribution in [2.24, 2.45) is 0 Å². The highest BCUT2D eigenvalue weighted by Gasteiger charge is 2.06. The Labute approximate surface area is 58.3 Å². The van der Waals surface area contributed by atoms with Crippen LogP contribution in [0.4, 0.5) is 0 Å². The number of rotatable bonds is 3. The first-order valence-electron chi connectivity index (χ1n) is 2.71. The Morgan fingerprint density at radius 1 is 1.90 bits per heavy atom. The standard InChI is InChI=1S/C6H7NO3/c1-2-3-5(6(8)9)10-4-7/h3H,2H2,1H3,(H,8,9). The molecule has 0 spiro atoms. The Kier molecular flexibility index (Phi) is 3.73. The molecule has 1 N–H and O–H groups in total. The zero-order valence-corrected chi connectivity index (χ0v) is 5.50. The maximum Gasteiger partial charge on any atom is 0.372 e. The summed E-state index contributed by atoms with van der Waals surface area (Å²) in [6, 6.07) is 0. The summed E-state index contributed by atoms with van der Waals surface area (Å²) in [6.45, 7) is 1.75. The Balaban J connectivity index is 4.15. The van der Waals surface area contributed by atoms with Crippen molar-refractivity contribution in [2.75, 3.05) is 0 Å². The Morgan fingerprint density at radius 3 is 2.80 bits per heavy atom. The van der Waals surface area contributed by atoms with E-state index in [0.29, 0.717) is 6.42 Å². The van der Waals surface area contributed by atoms with Gasteiger partial charge in [0.15, 0.2) is 0 Å². The number of allylic oxidation sites excluding steroid dienone is 1. The molecular weight excluding hydrogens is 134 g/mol. The molecule has 0 saturated heterocycles. The first kappa shape index (κ1) is 8.50. The van der Waals surface area contributed by atoms with Crippen molar-refractivity contribution < 1.29 is 14.6 Å². The van der Waals surface area contributed by atoms with E-state index in [2.05, 4.69) is 4.74 Å². The molecule has 0 aliphatic rings. The lowest BCUT2D eigenvalue weighted by Crippen LogP contribution is -2.01. The third-order valence-corrected chi connectivity index (χ3v) is 0.756. The van der Waals surface area contributed by atoms with Crippen molar-refractivity contribution in [1.29, 1.82) is 5.26 Å². The largest absolute Gasteiger partial charge is 0.475 e. The molecule has 0 bridgehead atoms. The van der Waals surface area contributed by atoms with E-state index in [1.165, 1.54) is 12.3 Å². The molecule has 10 heavy (non-hydrogen) atoms. The maximum absolute atomic E-state index is 10.1. The van der Waals surface area contributed by atoms with Crippen molar-refractivity contribution in [3.8, 4) is 6.26 Å². The van der Waals surface area contributed by atoms with E-state index in [0.717, 1.165) is 0 Å². The minimum atomic E-state index is -1.22. The molecule has 0 atom stereocenters. The fourth-order valence-electron chi connectivity index (χ4n) is 0.407. The molecule has 4 heteroatoms. The van der Waals surface area contributed by atoms with E-state index in [-0.39, 0.29) is 5.76 Å². The van der Waals surface area contributed by atoms with Gasteiger partial charge in [-0.15, -0.1) is 5.26 Å². The molecule has 0 aliphatic heterocycles. The van der Waals surface area contributed by atoms with Crippen LogP contribution < -0.4 is 0 Å². The van der Waals surface area contributed by atoms with Gasteiger partial charge < -0.3 is 9.84 Å². The molecule has 0 saturated carbocycles. The number of aliphatic carboxylic acids is 1. The number of carboxylic acid groups (broad SMARTS) is 1. The van der Waals surface area contributed by atoms with E-state index < -0.39 is 5.97 Å². The minimum absolute atomic E-state index is 0.315. The summed E-state index contributed by atoms with van der Waals surface area (Å²) in [5.74, 6) is -1.53. The molecule has 0 aromatic carbocycles. The van der Waals surface area contributed by atoms with Crippen molar-refractivity contribution >= 4 is 5.97 Å². The summed E-state index contributed by atoms with van der Waals surface area (Å²) in [7, 11) is 0. The number of carbonyl (C=O) groups is 1. The van der Waals surface area contributed by atoms with Crippen LogP contribution in [0.1, 0.15) is 13.3 Å². The van der Waals surface area contributed by atoms with Crippen LogP contribution in [0.2, 0.25) is 0 Å². The Morgan fingerprint density at radius 2 is 2.50 bits per heavy atom. The van der Waals surface area contributed by atoms with Gasteiger partial charge in [0, 0.05) is 0 Å². The zero-order chi connectivity index (χ0) is 7.98. The smallest absolute Gasteiger partial charge is 0.372 e. The van der Waals surface area contributed by atoms with Crippen molar-refractivity contribution in [3.63, 3.8) is 0 Å². The van der Waals surface area contributed by atoms with Crippen LogP contribution in [-0.4, -0.2) is 11.1 Å². The monoisotopic (exact) mass is 141 g/mol. The summed E-state index contributed by atoms with van der Waals surface area (Å²) in [4.78, 5) is 10.1. The first-order chi connectivity index (χ1) is 4.72. The van der Waals surface area contributed by atoms with Gasteiger partial charge in [-0.25, -0.2) is 4.79 Å². The third-order valence-electron chi connectivity index (χ3n) is 0.756. The highest BCUT2D eigenvalue weighted by Crippen LogP contribution is 1.97. The quantitative estimate of drug-likeness (QED) is 0.359. The minimum Gasteiger partial charge on any atom is -0.475 e. The summed E-state index contributed by atoms with van der Waals surface area (Å²) in [5.41, 5.74) is 0. The average Bonchev–Trinajstić information content (AvgIpc) is 1.87. The highest BCUT2D eigenvalue weighted by atomic mass is 16.5. The fourth-order valence-corrected chi connectivity index (χ4v) is 0.407. The predicted octanol–water partition coefficient (Wildman–Crippen LogP) is 0.863. The number of hydrogen-bond acceptors (Lipinski definition) is 3. The van der Waals surface area contributed by atoms with Gasteiger partial charge in [-0.05, 0) is 12.5 Å². The SMILES string of the molecule is CCC=C(OC#N)C(=O)O. The van der Waals surface area contributed by atoms with Gasteiger partial charge in [0.2, 0.25) is 5.76 Å². The van der Waals surface area contributed by atoms with Crippen LogP contribution in [0, 0.1) is 11.5 Å². The van der Waals surface area contributed by atoms with Crippen molar-refractivity contribution in [1.82, 2.24) is 0 Å². The molecule has 0 fully saturated rings. The number of carboxylic acids is 1. The molecule has 0 unspecified atom stereocenters. The fraction of sp³-hybridized carbons (Fsp3) is 0.333. The Bertz CT molecular complexity index is 190. The number of ether oxygens (including phenoxy) is 1. The summed E-state index contributed by atoms with van der Waals surface area (Å²) >= 11 is 0. The Hall–Kier alpha value is -1.50. The van der Waals surface area contributed by atoms with Crippen LogP contribution in [-0.2, 0) is 9.53 Å². The van der Waals surface area contributed by atoms with Gasteiger partial charge in [-0.1, -0.05) is 6.92 Å². The lowest BCUT2D eigenvalue weighted by atomic mass is 10.4. The van der Waals surface area contributed by atoms with Gasteiger partial charge in [0.1, 0.15) is 0 Å². The summed E-state index contributed by atoms with van der Waals surface area (Å²) in [5, 5.41) is 16.2. The number of hydrogen-bond donors (Lipinski definition) is 1. The van der Waals surface area contributed by atoms with E-state index in [1.54, 1.807) is 6.92 Å². The van der Waals surface area contributed by atoms with Crippen LogP contribution in [0.5, 0.6) is 0 Å². The first-order valence-corrected chi connectivity index (χ1v) is 2.71. The molecule has 0 aromatic rings. The molecule has 54 valence electrons. The van der Waals surface area contributed by atoms with Gasteiger partial charge in [0.25, 0.3) is 6.26 Å². The predicted molar refractivity (Wildman–Crippen MR) is 32.7 cm³/mol. The second kappa shape index (κ2) is 4.39. The summed E-state index contributed by atoms with van der Waals surface area (Å²) in [6.07, 6.45) is 3.14. The second-order valence-corrected chi connectivity index (χ2v) is 1.48. The molecule has 0 radical (unpaired) electrons. The van der Waals surface area contributed by atoms with E-state index >= 15 is 0 Å². The van der Waals surface area contributed by atoms with E-state index in [1.807, 2.05) is 0 Å². The van der Waals surface area contributed by atoms with Gasteiger partial charge in [-0.2, -0.15) is 0 Å². The molecular formula is C6H7NO3. The molecule has 0 aromatic heterocycles. The number of nitriles is 1. The third kappa shape index (κ3) is 2.72. The van der Waals surface area contributed by atoms with Gasteiger partial charge in [-0.3, -0.25) is 0 Å². The van der Waals surface area contributed by atoms with Crippen molar-refractivity contribution in [3.05, 3.63) is 11.8 Å². The van der Waals surface area contributed by atoms with Gasteiger partial charge >= 0.3 is 5.97 Å². The van der Waals surface area contributed by atoms with E-state index in [9.17, 15) is 4.79 Å². The molecule has 0 rings (SSSR count). The lowest BCUT2D eigenvalue weighted by molar-refractivity contribution is -0.135. The summed E-state index contributed by atoms with van der Waals surface area (Å²) < 4.78 is 4.11. The average molecular weight is 141 g/mol. The van der Waals surface area contributed by atoms with Crippen LogP contribution >= 0.6 is 0 Å². The molecule has 0 heterocycles. The van der Waals surface area contributed by atoms with Crippen LogP contribution in [0.25, 0.3) is 0 Å². The normalized spacial score (nSPS) is 10.2.